The summed E-state index contributed by atoms with van der Waals surface area (Å²) >= 11 is 5.99. The van der Waals surface area contributed by atoms with Crippen molar-refractivity contribution in [1.82, 2.24) is 14.5 Å². The van der Waals surface area contributed by atoms with Crippen molar-refractivity contribution < 1.29 is 22.8 Å². The van der Waals surface area contributed by atoms with Crippen molar-refractivity contribution in [2.45, 2.75) is 63.6 Å². The second-order valence-corrected chi connectivity index (χ2v) is 10.8. The van der Waals surface area contributed by atoms with Crippen LogP contribution in [0.25, 0.3) is 0 Å². The SMILES string of the molecule is CCC(C)NC(=O)C(CC)N(Cc1ccc(Cl)cc1)C(=O)CCN1C(=O)c2ccccc2S1(=O)=O. The number of halogens is 1. The Balaban J connectivity index is 1.82. The molecule has 0 saturated carbocycles. The molecule has 35 heavy (non-hydrogen) atoms. The van der Waals surface area contributed by atoms with Crippen LogP contribution in [0.2, 0.25) is 5.02 Å². The number of hydrogen-bond acceptors (Lipinski definition) is 5. The molecule has 1 aliphatic heterocycles. The van der Waals surface area contributed by atoms with Gasteiger partial charge in [0.05, 0.1) is 5.56 Å². The first-order valence-electron chi connectivity index (χ1n) is 11.6. The summed E-state index contributed by atoms with van der Waals surface area (Å²) in [6, 6.07) is 12.1. The Morgan fingerprint density at radius 3 is 2.31 bits per heavy atom. The maximum atomic E-state index is 13.4. The van der Waals surface area contributed by atoms with Gasteiger partial charge in [0.25, 0.3) is 15.9 Å². The molecule has 1 aliphatic rings. The van der Waals surface area contributed by atoms with Crippen LogP contribution in [0.1, 0.15) is 56.0 Å². The number of fused-ring (bicyclic) bond motifs is 1. The lowest BCUT2D eigenvalue weighted by molar-refractivity contribution is -0.141. The lowest BCUT2D eigenvalue weighted by Crippen LogP contribution is -2.51. The van der Waals surface area contributed by atoms with Gasteiger partial charge in [-0.05, 0) is 49.6 Å². The van der Waals surface area contributed by atoms with Gasteiger partial charge < -0.3 is 10.2 Å². The van der Waals surface area contributed by atoms with Gasteiger partial charge in [-0.2, -0.15) is 0 Å². The first-order valence-corrected chi connectivity index (χ1v) is 13.4. The van der Waals surface area contributed by atoms with E-state index in [9.17, 15) is 22.8 Å². The number of hydrogen-bond donors (Lipinski definition) is 1. The molecule has 1 heterocycles. The first-order chi connectivity index (χ1) is 16.6. The molecule has 188 valence electrons. The Kier molecular flexibility index (Phi) is 8.56. The highest BCUT2D eigenvalue weighted by molar-refractivity contribution is 7.90. The van der Waals surface area contributed by atoms with E-state index in [-0.39, 0.29) is 41.9 Å². The number of amides is 3. The van der Waals surface area contributed by atoms with Crippen LogP contribution in [-0.4, -0.2) is 54.0 Å². The molecule has 3 amide bonds. The number of benzene rings is 2. The molecule has 2 aromatic carbocycles. The minimum Gasteiger partial charge on any atom is -0.352 e. The summed E-state index contributed by atoms with van der Waals surface area (Å²) in [5.74, 6) is -1.36. The standard InChI is InChI=1S/C25H30ClN3O5S/c1-4-17(3)27-24(31)21(5-2)28(16-18-10-12-19(26)13-11-18)23(30)14-15-29-25(32)20-8-6-7-9-22(20)35(29,33)34/h6-13,17,21H,4-5,14-16H2,1-3H3,(H,27,31). The maximum Gasteiger partial charge on any atom is 0.269 e. The minimum atomic E-state index is -4.02. The molecule has 3 rings (SSSR count). The average molecular weight is 520 g/mol. The first kappa shape index (κ1) is 26.7. The quantitative estimate of drug-likeness (QED) is 0.516. The number of carbonyl (C=O) groups excluding carboxylic acids is 3. The second kappa shape index (κ2) is 11.2. The van der Waals surface area contributed by atoms with Crippen molar-refractivity contribution in [2.75, 3.05) is 6.54 Å². The summed E-state index contributed by atoms with van der Waals surface area (Å²) < 4.78 is 26.4. The number of rotatable bonds is 10. The van der Waals surface area contributed by atoms with Crippen LogP contribution in [0.4, 0.5) is 0 Å². The van der Waals surface area contributed by atoms with E-state index in [0.717, 1.165) is 16.3 Å². The van der Waals surface area contributed by atoms with E-state index in [0.29, 0.717) is 11.4 Å². The second-order valence-electron chi connectivity index (χ2n) is 8.52. The molecule has 0 fully saturated rings. The Labute approximate surface area is 211 Å². The smallest absolute Gasteiger partial charge is 0.269 e. The van der Waals surface area contributed by atoms with Gasteiger partial charge >= 0.3 is 0 Å². The molecule has 1 N–H and O–H groups in total. The summed E-state index contributed by atoms with van der Waals surface area (Å²) in [6.07, 6.45) is 0.858. The van der Waals surface area contributed by atoms with Gasteiger partial charge in [0, 0.05) is 30.6 Å². The zero-order valence-electron chi connectivity index (χ0n) is 20.0. The predicted molar refractivity (Wildman–Crippen MR) is 133 cm³/mol. The number of nitrogens with zero attached hydrogens (tertiary/aromatic N) is 2. The molecule has 10 heteroatoms. The van der Waals surface area contributed by atoms with Gasteiger partial charge in [0.1, 0.15) is 10.9 Å². The van der Waals surface area contributed by atoms with Crippen LogP contribution in [0.5, 0.6) is 0 Å². The van der Waals surface area contributed by atoms with Gasteiger partial charge in [-0.3, -0.25) is 14.4 Å². The molecule has 0 aliphatic carbocycles. The topological polar surface area (TPSA) is 104 Å². The third-order valence-electron chi connectivity index (χ3n) is 6.09. The number of sulfonamides is 1. The summed E-state index contributed by atoms with van der Waals surface area (Å²) in [7, 11) is -4.02. The molecular formula is C25H30ClN3O5S. The lowest BCUT2D eigenvalue weighted by Gasteiger charge is -2.32. The fourth-order valence-corrected chi connectivity index (χ4v) is 5.64. The Morgan fingerprint density at radius 1 is 1.06 bits per heavy atom. The predicted octanol–water partition coefficient (Wildman–Crippen LogP) is 3.60. The lowest BCUT2D eigenvalue weighted by atomic mass is 10.1. The normalized spacial score (nSPS) is 15.9. The van der Waals surface area contributed by atoms with Gasteiger partial charge in [0.15, 0.2) is 0 Å². The van der Waals surface area contributed by atoms with E-state index in [2.05, 4.69) is 5.32 Å². The number of nitrogens with one attached hydrogen (secondary N) is 1. The molecule has 2 atom stereocenters. The Bertz CT molecular complexity index is 1200. The summed E-state index contributed by atoms with van der Waals surface area (Å²) in [6.45, 7) is 5.48. The third kappa shape index (κ3) is 5.85. The van der Waals surface area contributed by atoms with Gasteiger partial charge in [-0.15, -0.1) is 0 Å². The monoisotopic (exact) mass is 519 g/mol. The van der Waals surface area contributed by atoms with Crippen LogP contribution in [0, 0.1) is 0 Å². The summed E-state index contributed by atoms with van der Waals surface area (Å²) in [5, 5.41) is 3.47. The van der Waals surface area contributed by atoms with E-state index >= 15 is 0 Å². The average Bonchev–Trinajstić information content (AvgIpc) is 3.03. The zero-order valence-corrected chi connectivity index (χ0v) is 21.6. The van der Waals surface area contributed by atoms with E-state index < -0.39 is 27.9 Å². The highest BCUT2D eigenvalue weighted by Crippen LogP contribution is 2.30. The highest BCUT2D eigenvalue weighted by Gasteiger charge is 2.41. The molecule has 0 spiro atoms. The minimum absolute atomic E-state index is 0.0603. The molecule has 2 unspecified atom stereocenters. The fourth-order valence-electron chi connectivity index (χ4n) is 3.94. The Hall–Kier alpha value is -2.91. The van der Waals surface area contributed by atoms with E-state index in [1.807, 2.05) is 20.8 Å². The third-order valence-corrected chi connectivity index (χ3v) is 8.19. The van der Waals surface area contributed by atoms with Crippen LogP contribution in [-0.2, 0) is 26.2 Å². The van der Waals surface area contributed by atoms with E-state index in [4.69, 9.17) is 11.6 Å². The zero-order chi connectivity index (χ0) is 25.8. The van der Waals surface area contributed by atoms with Crippen molar-refractivity contribution in [1.29, 1.82) is 0 Å². The van der Waals surface area contributed by atoms with E-state index in [1.165, 1.54) is 17.0 Å². The highest BCUT2D eigenvalue weighted by atomic mass is 35.5. The van der Waals surface area contributed by atoms with E-state index in [1.54, 1.807) is 36.4 Å². The maximum absolute atomic E-state index is 13.4. The van der Waals surface area contributed by atoms with Crippen LogP contribution in [0.15, 0.2) is 53.4 Å². The fraction of sp³-hybridized carbons (Fsp3) is 0.400. The van der Waals surface area contributed by atoms with Crippen LogP contribution in [0.3, 0.4) is 0 Å². The molecule has 8 nitrogen and oxygen atoms in total. The molecular weight excluding hydrogens is 490 g/mol. The van der Waals surface area contributed by atoms with Crippen molar-refractivity contribution in [2.24, 2.45) is 0 Å². The van der Waals surface area contributed by atoms with Crippen molar-refractivity contribution in [3.63, 3.8) is 0 Å². The molecule has 0 radical (unpaired) electrons. The van der Waals surface area contributed by atoms with Gasteiger partial charge in [-0.25, -0.2) is 12.7 Å². The molecule has 0 aromatic heterocycles. The van der Waals surface area contributed by atoms with Crippen molar-refractivity contribution in [3.05, 3.63) is 64.7 Å². The van der Waals surface area contributed by atoms with Gasteiger partial charge in [-0.1, -0.05) is 49.7 Å². The summed E-state index contributed by atoms with van der Waals surface area (Å²) in [4.78, 5) is 40.5. The molecule has 0 bridgehead atoms. The van der Waals surface area contributed by atoms with Crippen molar-refractivity contribution >= 4 is 39.3 Å². The van der Waals surface area contributed by atoms with Crippen LogP contribution < -0.4 is 5.32 Å². The molecule has 0 saturated heterocycles. The number of carbonyl (C=O) groups is 3. The largest absolute Gasteiger partial charge is 0.352 e. The Morgan fingerprint density at radius 2 is 1.71 bits per heavy atom. The van der Waals surface area contributed by atoms with Crippen LogP contribution >= 0.6 is 11.6 Å². The summed E-state index contributed by atoms with van der Waals surface area (Å²) in [5.41, 5.74) is 0.868. The molecule has 2 aromatic rings. The van der Waals surface area contributed by atoms with Gasteiger partial charge in [0.2, 0.25) is 11.8 Å². The van der Waals surface area contributed by atoms with Crippen molar-refractivity contribution in [3.8, 4) is 0 Å².